The molecular weight excluding hydrogens is 378 g/mol. The molecule has 112 valence electrons. The molecule has 0 fully saturated rings. The van der Waals surface area contributed by atoms with Crippen molar-refractivity contribution >= 4 is 43.3 Å². The molecule has 1 aromatic heterocycles. The summed E-state index contributed by atoms with van der Waals surface area (Å²) < 4.78 is 27.6. The van der Waals surface area contributed by atoms with Crippen LogP contribution in [0, 0.1) is 0 Å². The summed E-state index contributed by atoms with van der Waals surface area (Å²) in [6.07, 6.45) is -0.128. The summed E-state index contributed by atoms with van der Waals surface area (Å²) in [7, 11) is -3.60. The van der Waals surface area contributed by atoms with Gasteiger partial charge in [-0.05, 0) is 39.7 Å². The lowest BCUT2D eigenvalue weighted by atomic mass is 10.2. The fourth-order valence-corrected chi connectivity index (χ4v) is 4.15. The van der Waals surface area contributed by atoms with Crippen LogP contribution in [0.3, 0.4) is 0 Å². The smallest absolute Gasteiger partial charge is 0.307 e. The van der Waals surface area contributed by atoms with Crippen molar-refractivity contribution in [3.05, 3.63) is 50.6 Å². The van der Waals surface area contributed by atoms with E-state index in [0.717, 1.165) is 9.35 Å². The first-order valence-corrected chi connectivity index (χ1v) is 9.06. The first kappa shape index (κ1) is 16.2. The number of aliphatic carboxylic acids is 1. The van der Waals surface area contributed by atoms with Crippen LogP contribution in [0.2, 0.25) is 0 Å². The Labute approximate surface area is 134 Å². The SMILES string of the molecule is O=C(O)Cc1ccc(S(=O)(=O)NCc2cc(Br)cs2)cc1. The molecule has 2 rings (SSSR count). The molecule has 21 heavy (non-hydrogen) atoms. The lowest BCUT2D eigenvalue weighted by Gasteiger charge is -2.06. The van der Waals surface area contributed by atoms with Gasteiger partial charge in [0.2, 0.25) is 10.0 Å². The Morgan fingerprint density at radius 3 is 2.48 bits per heavy atom. The monoisotopic (exact) mass is 389 g/mol. The number of hydrogen-bond donors (Lipinski definition) is 2. The minimum atomic E-state index is -3.60. The van der Waals surface area contributed by atoms with E-state index in [4.69, 9.17) is 5.11 Å². The Bertz CT molecular complexity index is 738. The number of carboxylic acid groups (broad SMARTS) is 1. The van der Waals surface area contributed by atoms with Crippen molar-refractivity contribution in [2.75, 3.05) is 0 Å². The van der Waals surface area contributed by atoms with Crippen LogP contribution in [-0.2, 0) is 27.8 Å². The maximum Gasteiger partial charge on any atom is 0.307 e. The summed E-state index contributed by atoms with van der Waals surface area (Å²) in [6.45, 7) is 0.218. The molecule has 2 N–H and O–H groups in total. The van der Waals surface area contributed by atoms with E-state index in [1.165, 1.54) is 35.6 Å². The van der Waals surface area contributed by atoms with Crippen molar-refractivity contribution in [3.8, 4) is 0 Å². The molecule has 0 aliphatic carbocycles. The van der Waals surface area contributed by atoms with Crippen LogP contribution in [0.15, 0.2) is 45.1 Å². The van der Waals surface area contributed by atoms with Crippen molar-refractivity contribution < 1.29 is 18.3 Å². The van der Waals surface area contributed by atoms with E-state index >= 15 is 0 Å². The summed E-state index contributed by atoms with van der Waals surface area (Å²) in [5.74, 6) is -0.952. The highest BCUT2D eigenvalue weighted by atomic mass is 79.9. The van der Waals surface area contributed by atoms with Gasteiger partial charge in [0, 0.05) is 21.3 Å². The Kier molecular flexibility index (Phi) is 5.15. The van der Waals surface area contributed by atoms with Gasteiger partial charge < -0.3 is 5.11 Å². The third kappa shape index (κ3) is 4.63. The van der Waals surface area contributed by atoms with E-state index in [2.05, 4.69) is 20.7 Å². The van der Waals surface area contributed by atoms with E-state index < -0.39 is 16.0 Å². The molecule has 2 aromatic rings. The van der Waals surface area contributed by atoms with Crippen LogP contribution in [0.1, 0.15) is 10.4 Å². The highest BCUT2D eigenvalue weighted by Crippen LogP contribution is 2.20. The fraction of sp³-hybridized carbons (Fsp3) is 0.154. The Balaban J connectivity index is 2.06. The largest absolute Gasteiger partial charge is 0.481 e. The van der Waals surface area contributed by atoms with Gasteiger partial charge in [0.15, 0.2) is 0 Å². The number of halogens is 1. The quantitative estimate of drug-likeness (QED) is 0.795. The zero-order chi connectivity index (χ0) is 15.5. The van der Waals surface area contributed by atoms with Crippen molar-refractivity contribution in [1.82, 2.24) is 4.72 Å². The van der Waals surface area contributed by atoms with E-state index in [1.54, 1.807) is 0 Å². The second-order valence-corrected chi connectivity index (χ2v) is 7.95. The van der Waals surface area contributed by atoms with Crippen LogP contribution in [0.5, 0.6) is 0 Å². The number of sulfonamides is 1. The molecule has 1 heterocycles. The highest BCUT2D eigenvalue weighted by molar-refractivity contribution is 9.10. The van der Waals surface area contributed by atoms with Crippen molar-refractivity contribution in [2.45, 2.75) is 17.9 Å². The summed E-state index contributed by atoms with van der Waals surface area (Å²) in [5.41, 5.74) is 0.559. The van der Waals surface area contributed by atoms with Crippen LogP contribution < -0.4 is 4.72 Å². The minimum Gasteiger partial charge on any atom is -0.481 e. The Hall–Kier alpha value is -1.22. The third-order valence-corrected chi connectivity index (χ3v) is 5.76. The minimum absolute atomic E-state index is 0.118. The second kappa shape index (κ2) is 6.69. The van der Waals surface area contributed by atoms with Gasteiger partial charge in [-0.15, -0.1) is 11.3 Å². The van der Waals surface area contributed by atoms with Crippen molar-refractivity contribution in [1.29, 1.82) is 0 Å². The number of benzene rings is 1. The average molecular weight is 390 g/mol. The standard InChI is InChI=1S/C13H12BrNO4S2/c14-10-6-11(20-8-10)7-15-21(18,19)12-3-1-9(2-4-12)5-13(16)17/h1-4,6,8,15H,5,7H2,(H,16,17). The maximum absolute atomic E-state index is 12.1. The van der Waals surface area contributed by atoms with Gasteiger partial charge >= 0.3 is 5.97 Å². The molecule has 0 radical (unpaired) electrons. The Morgan fingerprint density at radius 2 is 1.95 bits per heavy atom. The van der Waals surface area contributed by atoms with E-state index in [1.807, 2.05) is 11.4 Å². The van der Waals surface area contributed by atoms with Crippen molar-refractivity contribution in [3.63, 3.8) is 0 Å². The number of thiophene rings is 1. The molecular formula is C13H12BrNO4S2. The molecule has 0 spiro atoms. The number of hydrogen-bond acceptors (Lipinski definition) is 4. The first-order chi connectivity index (χ1) is 9.87. The van der Waals surface area contributed by atoms with Crippen molar-refractivity contribution in [2.24, 2.45) is 0 Å². The molecule has 0 aliphatic rings. The second-order valence-electron chi connectivity index (χ2n) is 4.27. The first-order valence-electron chi connectivity index (χ1n) is 5.90. The van der Waals surface area contributed by atoms with Crippen LogP contribution in [0.25, 0.3) is 0 Å². The summed E-state index contributed by atoms with van der Waals surface area (Å²) in [4.78, 5) is 11.6. The maximum atomic E-state index is 12.1. The molecule has 0 amide bonds. The fourth-order valence-electron chi connectivity index (χ4n) is 1.66. The predicted octanol–water partition coefficient (Wildman–Crippen LogP) is 2.62. The molecule has 8 heteroatoms. The number of carboxylic acids is 1. The molecule has 0 saturated heterocycles. The van der Waals surface area contributed by atoms with Gasteiger partial charge in [-0.25, -0.2) is 13.1 Å². The molecule has 0 bridgehead atoms. The van der Waals surface area contributed by atoms with Gasteiger partial charge in [-0.1, -0.05) is 12.1 Å². The molecule has 0 aliphatic heterocycles. The summed E-state index contributed by atoms with van der Waals surface area (Å²) >= 11 is 4.77. The Morgan fingerprint density at radius 1 is 1.29 bits per heavy atom. The molecule has 0 unspecified atom stereocenters. The van der Waals surface area contributed by atoms with E-state index in [9.17, 15) is 13.2 Å². The van der Waals surface area contributed by atoms with Crippen LogP contribution in [0.4, 0.5) is 0 Å². The molecule has 1 aromatic carbocycles. The normalized spacial score (nSPS) is 11.5. The molecule has 5 nitrogen and oxygen atoms in total. The lowest BCUT2D eigenvalue weighted by molar-refractivity contribution is -0.136. The zero-order valence-electron chi connectivity index (χ0n) is 10.7. The third-order valence-electron chi connectivity index (χ3n) is 2.65. The molecule has 0 atom stereocenters. The highest BCUT2D eigenvalue weighted by Gasteiger charge is 2.14. The number of carbonyl (C=O) groups is 1. The topological polar surface area (TPSA) is 83.5 Å². The van der Waals surface area contributed by atoms with Gasteiger partial charge in [0.1, 0.15) is 0 Å². The predicted molar refractivity (Wildman–Crippen MR) is 83.8 cm³/mol. The van der Waals surface area contributed by atoms with Crippen LogP contribution in [-0.4, -0.2) is 19.5 Å². The molecule has 0 saturated carbocycles. The lowest BCUT2D eigenvalue weighted by Crippen LogP contribution is -2.22. The van der Waals surface area contributed by atoms with E-state index in [0.29, 0.717) is 5.56 Å². The van der Waals surface area contributed by atoms with Gasteiger partial charge in [0.25, 0.3) is 0 Å². The van der Waals surface area contributed by atoms with Gasteiger partial charge in [0.05, 0.1) is 11.3 Å². The number of rotatable bonds is 6. The summed E-state index contributed by atoms with van der Waals surface area (Å²) in [6, 6.07) is 7.67. The van der Waals surface area contributed by atoms with Crippen LogP contribution >= 0.6 is 27.3 Å². The summed E-state index contributed by atoms with van der Waals surface area (Å²) in [5, 5.41) is 10.6. The van der Waals surface area contributed by atoms with E-state index in [-0.39, 0.29) is 17.9 Å². The van der Waals surface area contributed by atoms with Gasteiger partial charge in [-0.3, -0.25) is 4.79 Å². The van der Waals surface area contributed by atoms with Gasteiger partial charge in [-0.2, -0.15) is 0 Å². The number of nitrogens with one attached hydrogen (secondary N) is 1. The average Bonchev–Trinajstić information content (AvgIpc) is 2.82. The zero-order valence-corrected chi connectivity index (χ0v) is 14.0.